The molecule has 2 aliphatic rings. The summed E-state index contributed by atoms with van der Waals surface area (Å²) in [5, 5.41) is 2.45. The number of ether oxygens (including phenoxy) is 5. The Morgan fingerprint density at radius 3 is 2.49 bits per heavy atom. The number of hydrogen-bond donors (Lipinski definition) is 0. The normalized spacial score (nSPS) is 32.1. The number of rotatable bonds is 8. The lowest BCUT2D eigenvalue weighted by Crippen LogP contribution is -2.47. The molecule has 2 fully saturated rings. The fourth-order valence-corrected chi connectivity index (χ4v) is 6.48. The van der Waals surface area contributed by atoms with Crippen molar-refractivity contribution in [1.82, 2.24) is 4.98 Å². The zero-order valence-corrected chi connectivity index (χ0v) is 26.8. The first-order valence-corrected chi connectivity index (χ1v) is 15.5. The van der Waals surface area contributed by atoms with E-state index in [1.165, 1.54) is 18.3 Å². The van der Waals surface area contributed by atoms with E-state index >= 15 is 0 Å². The van der Waals surface area contributed by atoms with Crippen molar-refractivity contribution in [3.05, 3.63) is 21.7 Å². The summed E-state index contributed by atoms with van der Waals surface area (Å²) in [5.74, 6) is -2.16. The van der Waals surface area contributed by atoms with E-state index in [1.54, 1.807) is 20.8 Å². The molecule has 1 aromatic rings. The third kappa shape index (κ3) is 8.95. The largest absolute Gasteiger partial charge is 0.464 e. The van der Waals surface area contributed by atoms with E-state index in [9.17, 15) is 24.0 Å². The van der Waals surface area contributed by atoms with E-state index in [2.05, 4.69) is 4.98 Å². The predicted molar refractivity (Wildman–Crippen MR) is 156 cm³/mol. The summed E-state index contributed by atoms with van der Waals surface area (Å²) in [6, 6.07) is 0. The van der Waals surface area contributed by atoms with E-state index in [0.717, 1.165) is 18.4 Å². The average molecular weight is 622 g/mol. The Balaban J connectivity index is 1.90. The van der Waals surface area contributed by atoms with Gasteiger partial charge in [0.2, 0.25) is 0 Å². The van der Waals surface area contributed by atoms with Crippen molar-refractivity contribution in [1.29, 1.82) is 0 Å². The van der Waals surface area contributed by atoms with Crippen LogP contribution in [0.5, 0.6) is 0 Å². The van der Waals surface area contributed by atoms with Crippen molar-refractivity contribution in [2.45, 2.75) is 117 Å². The van der Waals surface area contributed by atoms with E-state index in [0.29, 0.717) is 30.0 Å². The molecule has 1 aromatic heterocycles. The SMILES string of the molecule is CC(=O)OCc1nc(/C=C(\C)C2CC3OC3(C)CCCC(C)C(OC=O)C(C)C(=O)C(C)(C)C(OC=O)CC(=O)O2)cs1. The molecule has 7 atom stereocenters. The maximum absolute atomic E-state index is 13.7. The number of nitrogens with zero attached hydrogens (tertiary/aromatic N) is 1. The number of carbonyl (C=O) groups excluding carboxylic acids is 5. The molecule has 238 valence electrons. The van der Waals surface area contributed by atoms with Gasteiger partial charge in [-0.15, -0.1) is 11.3 Å². The first-order valence-electron chi connectivity index (χ1n) is 14.6. The molecule has 0 radical (unpaired) electrons. The van der Waals surface area contributed by atoms with Gasteiger partial charge in [0.1, 0.15) is 35.7 Å². The van der Waals surface area contributed by atoms with Crippen LogP contribution >= 0.6 is 11.3 Å². The molecule has 0 aromatic carbocycles. The summed E-state index contributed by atoms with van der Waals surface area (Å²) in [5.41, 5.74) is -0.321. The minimum atomic E-state index is -1.28. The van der Waals surface area contributed by atoms with Gasteiger partial charge in [-0.3, -0.25) is 24.0 Å². The number of cyclic esters (lactones) is 1. The Kier molecular flexibility index (Phi) is 11.6. The smallest absolute Gasteiger partial charge is 0.310 e. The quantitative estimate of drug-likeness (QED) is 0.174. The Bertz CT molecular complexity index is 1210. The number of fused-ring (bicyclic) bond motifs is 1. The second-order valence-electron chi connectivity index (χ2n) is 12.3. The number of ketones is 1. The van der Waals surface area contributed by atoms with Gasteiger partial charge in [0.05, 0.1) is 35.2 Å². The highest BCUT2D eigenvalue weighted by molar-refractivity contribution is 7.09. The van der Waals surface area contributed by atoms with E-state index in [4.69, 9.17) is 23.7 Å². The summed E-state index contributed by atoms with van der Waals surface area (Å²) in [4.78, 5) is 65.5. The summed E-state index contributed by atoms with van der Waals surface area (Å²) < 4.78 is 27.8. The lowest BCUT2D eigenvalue weighted by molar-refractivity contribution is -0.161. The number of carbonyl (C=O) groups is 5. The van der Waals surface area contributed by atoms with Crippen molar-refractivity contribution in [2.75, 3.05) is 0 Å². The molecule has 0 amide bonds. The molecule has 43 heavy (non-hydrogen) atoms. The zero-order valence-electron chi connectivity index (χ0n) is 26.0. The van der Waals surface area contributed by atoms with Crippen LogP contribution in [0.4, 0.5) is 0 Å². The first kappa shape index (κ1) is 34.4. The number of thiazole rings is 1. The molecule has 0 N–H and O–H groups in total. The second-order valence-corrected chi connectivity index (χ2v) is 13.3. The third-order valence-electron chi connectivity index (χ3n) is 8.61. The lowest BCUT2D eigenvalue weighted by atomic mass is 9.72. The van der Waals surface area contributed by atoms with Gasteiger partial charge in [0.25, 0.3) is 12.9 Å². The fourth-order valence-electron chi connectivity index (χ4n) is 5.82. The van der Waals surface area contributed by atoms with E-state index in [1.807, 2.05) is 32.2 Å². The van der Waals surface area contributed by atoms with E-state index < -0.39 is 47.2 Å². The maximum atomic E-state index is 13.7. The highest BCUT2D eigenvalue weighted by Gasteiger charge is 2.53. The van der Waals surface area contributed by atoms with Gasteiger partial charge in [0, 0.05) is 18.7 Å². The third-order valence-corrected chi connectivity index (χ3v) is 9.45. The molecular formula is C31H43NO10S. The van der Waals surface area contributed by atoms with Crippen LogP contribution < -0.4 is 0 Å². The lowest BCUT2D eigenvalue weighted by Gasteiger charge is -2.36. The molecule has 0 saturated carbocycles. The van der Waals surface area contributed by atoms with Gasteiger partial charge >= 0.3 is 11.9 Å². The van der Waals surface area contributed by atoms with Gasteiger partial charge in [-0.25, -0.2) is 4.98 Å². The van der Waals surface area contributed by atoms with Crippen molar-refractivity contribution in [3.8, 4) is 0 Å². The Hall–Kier alpha value is -3.12. The number of hydrogen-bond acceptors (Lipinski definition) is 12. The molecule has 2 saturated heterocycles. The molecule has 3 rings (SSSR count). The van der Waals surface area contributed by atoms with Crippen LogP contribution in [-0.4, -0.2) is 65.7 Å². The standard InChI is InChI=1S/C31H43NO10S/c1-18-9-8-10-31(7)25(42-31)12-23(19(2)11-22-15-43-26(32-22)14-38-21(4)35)41-27(36)13-24(39-16-33)30(5,6)29(37)20(3)28(18)40-17-34/h11,15-18,20,23-25,28H,8-10,12-14H2,1-7H3/b19-11+. The van der Waals surface area contributed by atoms with Crippen molar-refractivity contribution in [3.63, 3.8) is 0 Å². The molecule has 12 heteroatoms. The van der Waals surface area contributed by atoms with Crippen LogP contribution in [0.25, 0.3) is 6.08 Å². The number of esters is 2. The minimum Gasteiger partial charge on any atom is -0.464 e. The zero-order chi connectivity index (χ0) is 31.9. The molecular weight excluding hydrogens is 578 g/mol. The highest BCUT2D eigenvalue weighted by atomic mass is 32.1. The molecule has 7 unspecified atom stereocenters. The molecule has 2 aliphatic heterocycles. The van der Waals surface area contributed by atoms with Gasteiger partial charge < -0.3 is 23.7 Å². The summed E-state index contributed by atoms with van der Waals surface area (Å²) in [6.07, 6.45) is 1.47. The second kappa shape index (κ2) is 14.6. The van der Waals surface area contributed by atoms with Crippen LogP contribution in [0.1, 0.15) is 91.3 Å². The molecule has 0 aliphatic carbocycles. The molecule has 0 spiro atoms. The molecule has 3 heterocycles. The van der Waals surface area contributed by atoms with Crippen LogP contribution in [0, 0.1) is 17.3 Å². The number of aromatic nitrogens is 1. The van der Waals surface area contributed by atoms with Crippen molar-refractivity contribution >= 4 is 48.1 Å². The Labute approximate surface area is 256 Å². The predicted octanol–water partition coefficient (Wildman–Crippen LogP) is 4.59. The van der Waals surface area contributed by atoms with Gasteiger partial charge in [-0.05, 0) is 58.1 Å². The maximum Gasteiger partial charge on any atom is 0.310 e. The summed E-state index contributed by atoms with van der Waals surface area (Å²) >= 11 is 1.35. The highest BCUT2D eigenvalue weighted by Crippen LogP contribution is 2.45. The topological polar surface area (TPSA) is 148 Å². The Morgan fingerprint density at radius 2 is 1.84 bits per heavy atom. The van der Waals surface area contributed by atoms with E-state index in [-0.39, 0.29) is 37.3 Å². The monoisotopic (exact) mass is 621 g/mol. The average Bonchev–Trinajstić information content (AvgIpc) is 3.34. The fraction of sp³-hybridized carbons (Fsp3) is 0.677. The van der Waals surface area contributed by atoms with Gasteiger partial charge in [-0.2, -0.15) is 0 Å². The van der Waals surface area contributed by atoms with Crippen LogP contribution in [0.2, 0.25) is 0 Å². The summed E-state index contributed by atoms with van der Waals surface area (Å²) in [7, 11) is 0. The van der Waals surface area contributed by atoms with Gasteiger partial charge in [-0.1, -0.05) is 20.3 Å². The van der Waals surface area contributed by atoms with Gasteiger partial charge in [0.15, 0.2) is 0 Å². The van der Waals surface area contributed by atoms with Crippen molar-refractivity contribution in [2.24, 2.45) is 17.3 Å². The summed E-state index contributed by atoms with van der Waals surface area (Å²) in [6.45, 7) is 12.7. The Morgan fingerprint density at radius 1 is 1.14 bits per heavy atom. The van der Waals surface area contributed by atoms with Crippen LogP contribution in [0.3, 0.4) is 0 Å². The number of epoxide rings is 1. The molecule has 11 nitrogen and oxygen atoms in total. The number of Topliss-reactive ketones (excluding diaryl/α,β-unsaturated/α-hetero) is 1. The molecule has 0 bridgehead atoms. The minimum absolute atomic E-state index is 0.0748. The van der Waals surface area contributed by atoms with Crippen LogP contribution in [-0.2, 0) is 54.3 Å². The van der Waals surface area contributed by atoms with Crippen LogP contribution in [0.15, 0.2) is 11.0 Å². The van der Waals surface area contributed by atoms with Crippen molar-refractivity contribution < 1.29 is 47.7 Å². The first-order chi connectivity index (χ1) is 20.2.